The van der Waals surface area contributed by atoms with Crippen molar-refractivity contribution in [3.05, 3.63) is 58.1 Å². The molecule has 0 heterocycles. The fourth-order valence-electron chi connectivity index (χ4n) is 2.09. The van der Waals surface area contributed by atoms with Crippen LogP contribution in [0.3, 0.4) is 0 Å². The molecule has 3 N–H and O–H groups in total. The molecule has 21 heavy (non-hydrogen) atoms. The van der Waals surface area contributed by atoms with Crippen LogP contribution in [0.2, 0.25) is 0 Å². The number of halogens is 1. The van der Waals surface area contributed by atoms with Crippen molar-refractivity contribution in [3.63, 3.8) is 0 Å². The maximum Gasteiger partial charge on any atom is 0.257 e. The van der Waals surface area contributed by atoms with Gasteiger partial charge in [0.2, 0.25) is 0 Å². The van der Waals surface area contributed by atoms with E-state index in [1.54, 1.807) is 17.0 Å². The van der Waals surface area contributed by atoms with Gasteiger partial charge in [0.15, 0.2) is 0 Å². The fraction of sp³-hybridized carbons (Fsp3) is 0.188. The average molecular weight is 349 g/mol. The number of hydrogen-bond donors (Lipinski definition) is 2. The largest absolute Gasteiger partial charge is 0.507 e. The maximum absolute atomic E-state index is 12.6. The van der Waals surface area contributed by atoms with Crippen molar-refractivity contribution in [2.24, 2.45) is 0 Å². The molecular formula is C16H17BrN2O2. The fourth-order valence-corrected chi connectivity index (χ4v) is 2.45. The molecule has 2 rings (SSSR count). The Morgan fingerprint density at radius 2 is 2.05 bits per heavy atom. The molecule has 2 aromatic carbocycles. The van der Waals surface area contributed by atoms with Crippen molar-refractivity contribution in [3.8, 4) is 5.75 Å². The zero-order valence-electron chi connectivity index (χ0n) is 11.7. The number of amides is 1. The van der Waals surface area contributed by atoms with Crippen molar-refractivity contribution in [1.29, 1.82) is 0 Å². The summed E-state index contributed by atoms with van der Waals surface area (Å²) in [6.07, 6.45) is 0. The minimum atomic E-state index is -0.210. The topological polar surface area (TPSA) is 66.6 Å². The van der Waals surface area contributed by atoms with E-state index in [-0.39, 0.29) is 17.2 Å². The van der Waals surface area contributed by atoms with Gasteiger partial charge in [0, 0.05) is 23.2 Å². The summed E-state index contributed by atoms with van der Waals surface area (Å²) in [6.45, 7) is 2.89. The predicted molar refractivity (Wildman–Crippen MR) is 87.1 cm³/mol. The van der Waals surface area contributed by atoms with Crippen molar-refractivity contribution in [2.45, 2.75) is 13.5 Å². The van der Waals surface area contributed by atoms with Crippen LogP contribution in [0.5, 0.6) is 5.75 Å². The van der Waals surface area contributed by atoms with Gasteiger partial charge in [0.05, 0.1) is 5.56 Å². The first kappa shape index (κ1) is 15.4. The van der Waals surface area contributed by atoms with Gasteiger partial charge in [-0.25, -0.2) is 0 Å². The highest BCUT2D eigenvalue weighted by Crippen LogP contribution is 2.24. The van der Waals surface area contributed by atoms with Crippen molar-refractivity contribution < 1.29 is 9.90 Å². The first-order chi connectivity index (χ1) is 10.0. The van der Waals surface area contributed by atoms with E-state index in [1.807, 2.05) is 31.2 Å². The van der Waals surface area contributed by atoms with Gasteiger partial charge < -0.3 is 15.7 Å². The molecule has 0 bridgehead atoms. The van der Waals surface area contributed by atoms with E-state index < -0.39 is 0 Å². The van der Waals surface area contributed by atoms with Crippen LogP contribution in [-0.2, 0) is 6.54 Å². The molecule has 5 heteroatoms. The van der Waals surface area contributed by atoms with Crippen LogP contribution < -0.4 is 5.73 Å². The van der Waals surface area contributed by atoms with E-state index >= 15 is 0 Å². The maximum atomic E-state index is 12.6. The number of nitrogens with zero attached hydrogens (tertiary/aromatic N) is 1. The number of hydrogen-bond acceptors (Lipinski definition) is 3. The molecule has 0 spiro atoms. The Kier molecular flexibility index (Phi) is 4.85. The third-order valence-electron chi connectivity index (χ3n) is 3.18. The Balaban J connectivity index is 2.24. The number of phenols is 1. The van der Waals surface area contributed by atoms with Crippen LogP contribution in [0.4, 0.5) is 5.69 Å². The van der Waals surface area contributed by atoms with Crippen LogP contribution in [0.15, 0.2) is 46.9 Å². The van der Waals surface area contributed by atoms with Gasteiger partial charge in [0.25, 0.3) is 5.91 Å². The summed E-state index contributed by atoms with van der Waals surface area (Å²) >= 11 is 3.31. The SMILES string of the molecule is CCN(Cc1cccc(N)c1)C(=O)c1cc(Br)ccc1O. The summed E-state index contributed by atoms with van der Waals surface area (Å²) in [5, 5.41) is 9.87. The molecule has 0 aliphatic carbocycles. The normalized spacial score (nSPS) is 10.4. The minimum Gasteiger partial charge on any atom is -0.507 e. The Hall–Kier alpha value is -2.01. The minimum absolute atomic E-state index is 0.0192. The summed E-state index contributed by atoms with van der Waals surface area (Å²) in [4.78, 5) is 14.2. The highest BCUT2D eigenvalue weighted by Gasteiger charge is 2.18. The van der Waals surface area contributed by atoms with Gasteiger partial charge in [-0.3, -0.25) is 4.79 Å². The number of carbonyl (C=O) groups is 1. The van der Waals surface area contributed by atoms with E-state index in [0.29, 0.717) is 18.8 Å². The van der Waals surface area contributed by atoms with Crippen LogP contribution in [-0.4, -0.2) is 22.5 Å². The Morgan fingerprint density at radius 1 is 1.29 bits per heavy atom. The lowest BCUT2D eigenvalue weighted by Crippen LogP contribution is -2.30. The summed E-state index contributed by atoms with van der Waals surface area (Å²) < 4.78 is 0.753. The van der Waals surface area contributed by atoms with Crippen molar-refractivity contribution in [1.82, 2.24) is 4.90 Å². The number of anilines is 1. The van der Waals surface area contributed by atoms with E-state index in [1.165, 1.54) is 6.07 Å². The Bertz CT molecular complexity index is 658. The molecule has 1 amide bonds. The van der Waals surface area contributed by atoms with E-state index in [2.05, 4.69) is 15.9 Å². The average Bonchev–Trinajstić information content (AvgIpc) is 2.46. The number of benzene rings is 2. The Labute approximate surface area is 132 Å². The molecule has 0 aliphatic rings. The van der Waals surface area contributed by atoms with Gasteiger partial charge in [0.1, 0.15) is 5.75 Å². The van der Waals surface area contributed by atoms with E-state index in [9.17, 15) is 9.90 Å². The molecule has 0 atom stereocenters. The van der Waals surface area contributed by atoms with E-state index in [0.717, 1.165) is 10.0 Å². The third-order valence-corrected chi connectivity index (χ3v) is 3.68. The lowest BCUT2D eigenvalue weighted by molar-refractivity contribution is 0.0749. The van der Waals surface area contributed by atoms with Gasteiger partial charge in [-0.2, -0.15) is 0 Å². The third kappa shape index (κ3) is 3.76. The molecule has 0 radical (unpaired) electrons. The second-order valence-corrected chi connectivity index (χ2v) is 5.64. The molecule has 0 aliphatic heterocycles. The second kappa shape index (κ2) is 6.63. The first-order valence-corrected chi connectivity index (χ1v) is 7.42. The molecular weight excluding hydrogens is 332 g/mol. The molecule has 2 aromatic rings. The smallest absolute Gasteiger partial charge is 0.257 e. The van der Waals surface area contributed by atoms with Crippen molar-refractivity contribution in [2.75, 3.05) is 12.3 Å². The van der Waals surface area contributed by atoms with Crippen molar-refractivity contribution >= 4 is 27.5 Å². The van der Waals surface area contributed by atoms with Crippen LogP contribution in [0, 0.1) is 0 Å². The molecule has 0 unspecified atom stereocenters. The lowest BCUT2D eigenvalue weighted by atomic mass is 10.1. The summed E-state index contributed by atoms with van der Waals surface area (Å²) in [7, 11) is 0. The molecule has 0 fully saturated rings. The molecule has 4 nitrogen and oxygen atoms in total. The van der Waals surface area contributed by atoms with Gasteiger partial charge >= 0.3 is 0 Å². The monoisotopic (exact) mass is 348 g/mol. The van der Waals surface area contributed by atoms with Crippen LogP contribution in [0.1, 0.15) is 22.8 Å². The summed E-state index contributed by atoms with van der Waals surface area (Å²) in [5.74, 6) is -0.229. The number of aromatic hydroxyl groups is 1. The first-order valence-electron chi connectivity index (χ1n) is 6.63. The van der Waals surface area contributed by atoms with Gasteiger partial charge in [-0.05, 0) is 42.8 Å². The zero-order valence-corrected chi connectivity index (χ0v) is 13.3. The number of phenolic OH excluding ortho intramolecular Hbond substituents is 1. The van der Waals surface area contributed by atoms with Crippen LogP contribution >= 0.6 is 15.9 Å². The number of rotatable bonds is 4. The predicted octanol–water partition coefficient (Wildman–Crippen LogP) is 3.40. The molecule has 0 saturated heterocycles. The van der Waals surface area contributed by atoms with Gasteiger partial charge in [-0.15, -0.1) is 0 Å². The Morgan fingerprint density at radius 3 is 2.71 bits per heavy atom. The summed E-state index contributed by atoms with van der Waals surface area (Å²) in [6, 6.07) is 12.3. The number of carbonyl (C=O) groups excluding carboxylic acids is 1. The van der Waals surface area contributed by atoms with E-state index in [4.69, 9.17) is 5.73 Å². The number of nitrogens with two attached hydrogens (primary N) is 1. The highest BCUT2D eigenvalue weighted by molar-refractivity contribution is 9.10. The quantitative estimate of drug-likeness (QED) is 0.832. The van der Waals surface area contributed by atoms with Crippen LogP contribution in [0.25, 0.3) is 0 Å². The lowest BCUT2D eigenvalue weighted by Gasteiger charge is -2.22. The zero-order chi connectivity index (χ0) is 15.4. The van der Waals surface area contributed by atoms with Gasteiger partial charge in [-0.1, -0.05) is 28.1 Å². The highest BCUT2D eigenvalue weighted by atomic mass is 79.9. The molecule has 0 saturated carbocycles. The molecule has 110 valence electrons. The summed E-state index contributed by atoms with van der Waals surface area (Å²) in [5.41, 5.74) is 7.67. The second-order valence-electron chi connectivity index (χ2n) is 4.73. The number of nitrogen functional groups attached to an aromatic ring is 1. The molecule has 0 aromatic heterocycles. The standard InChI is InChI=1S/C16H17BrN2O2/c1-2-19(10-11-4-3-5-13(18)8-11)16(21)14-9-12(17)6-7-15(14)20/h3-9,20H,2,10,18H2,1H3.